The van der Waals surface area contributed by atoms with Crippen LogP contribution in [0.1, 0.15) is 74.5 Å². The average molecular weight is 711 g/mol. The van der Waals surface area contributed by atoms with Gasteiger partial charge in [0.1, 0.15) is 12.1 Å². The highest BCUT2D eigenvalue weighted by Crippen LogP contribution is 2.46. The number of halogens is 1. The Morgan fingerprint density at radius 3 is 2.47 bits per heavy atom. The first kappa shape index (κ1) is 36.0. The van der Waals surface area contributed by atoms with E-state index < -0.39 is 18.6 Å². The molecule has 246 valence electrons. The lowest BCUT2D eigenvalue weighted by Crippen LogP contribution is -2.51. The fourth-order valence-corrected chi connectivity index (χ4v) is 15.0. The molecular weight excluding hydrogens is 668 g/mol. The van der Waals surface area contributed by atoms with Gasteiger partial charge in [0.25, 0.3) is 0 Å². The van der Waals surface area contributed by atoms with Crippen molar-refractivity contribution < 1.29 is 21.8 Å². The molecule has 3 aromatic rings. The van der Waals surface area contributed by atoms with E-state index in [0.717, 1.165) is 14.7 Å². The van der Waals surface area contributed by atoms with Crippen molar-refractivity contribution in [1.82, 2.24) is 9.97 Å². The van der Waals surface area contributed by atoms with Crippen molar-refractivity contribution in [1.29, 1.82) is 0 Å². The van der Waals surface area contributed by atoms with Gasteiger partial charge in [0, 0.05) is 37.8 Å². The molecule has 2 heterocycles. The zero-order valence-electron chi connectivity index (χ0n) is 26.7. The van der Waals surface area contributed by atoms with Crippen LogP contribution in [0.15, 0.2) is 52.6 Å². The minimum atomic E-state index is -4.11. The number of aryl methyl sites for hydroxylation is 1. The van der Waals surface area contributed by atoms with Gasteiger partial charge in [-0.15, -0.1) is 11.3 Å². The van der Waals surface area contributed by atoms with Crippen molar-refractivity contribution in [3.63, 3.8) is 0 Å². The van der Waals surface area contributed by atoms with Crippen molar-refractivity contribution in [2.75, 3.05) is 11.9 Å². The van der Waals surface area contributed by atoms with Crippen LogP contribution >= 0.6 is 34.7 Å². The van der Waals surface area contributed by atoms with Crippen molar-refractivity contribution in [2.24, 2.45) is 11.1 Å². The topological polar surface area (TPSA) is 133 Å². The number of benzene rings is 1. The SMILES string of the molecule is Cc1sc(C(=O)c2cncnc2N[C@@H]2C[C@H](COS(N)(=O)=O)[C@@H](O[Si](C(C)C)(C(C)C)C(C)C)C2)cc1Sc1cccc(Cl)c1. The average Bonchev–Trinajstić information content (AvgIpc) is 3.51. The molecule has 3 N–H and O–H groups in total. The number of hydrogen-bond donors (Lipinski definition) is 2. The molecule has 1 aliphatic rings. The molecule has 0 amide bonds. The van der Waals surface area contributed by atoms with Crippen LogP contribution in [0.25, 0.3) is 0 Å². The quantitative estimate of drug-likeness (QED) is 0.127. The van der Waals surface area contributed by atoms with Crippen LogP contribution in [0.3, 0.4) is 0 Å². The number of aromatic nitrogens is 2. The summed E-state index contributed by atoms with van der Waals surface area (Å²) in [5.74, 6) is 0.0489. The minimum Gasteiger partial charge on any atom is -0.413 e. The van der Waals surface area contributed by atoms with E-state index in [0.29, 0.717) is 50.7 Å². The van der Waals surface area contributed by atoms with E-state index in [2.05, 4.69) is 56.8 Å². The van der Waals surface area contributed by atoms with Gasteiger partial charge in [-0.3, -0.25) is 8.98 Å². The van der Waals surface area contributed by atoms with E-state index in [1.54, 1.807) is 11.8 Å². The van der Waals surface area contributed by atoms with Crippen LogP contribution in [0.4, 0.5) is 5.82 Å². The standard InChI is InChI=1S/C31H43ClN4O5S3Si/c1-18(2)45(19(3)4,20(5)6)41-27-13-24(11-22(27)16-40-44(33,38)39)36-31-26(15-34-17-35-31)30(37)29-14-28(21(7)42-29)43-25-10-8-9-23(32)12-25/h8-10,12,14-15,17-20,22,24,27H,11,13,16H2,1-7H3,(H2,33,38,39)(H,34,35,36)/t22-,24-,27+/m1/s1. The molecule has 0 saturated heterocycles. The summed E-state index contributed by atoms with van der Waals surface area (Å²) in [6, 6.07) is 9.38. The predicted octanol–water partition coefficient (Wildman–Crippen LogP) is 7.85. The van der Waals surface area contributed by atoms with Crippen molar-refractivity contribution >= 4 is 64.9 Å². The molecular formula is C31H43ClN4O5S3Si. The fourth-order valence-electron chi connectivity index (χ4n) is 6.65. The molecule has 45 heavy (non-hydrogen) atoms. The zero-order valence-corrected chi connectivity index (χ0v) is 30.9. The van der Waals surface area contributed by atoms with Gasteiger partial charge in [-0.2, -0.15) is 8.42 Å². The lowest BCUT2D eigenvalue weighted by molar-refractivity contribution is 0.103. The van der Waals surface area contributed by atoms with Crippen LogP contribution < -0.4 is 10.5 Å². The van der Waals surface area contributed by atoms with Gasteiger partial charge >= 0.3 is 10.3 Å². The lowest BCUT2D eigenvalue weighted by Gasteiger charge is -2.45. The summed E-state index contributed by atoms with van der Waals surface area (Å²) in [7, 11) is -6.40. The number of thiophene rings is 1. The highest BCUT2D eigenvalue weighted by Gasteiger charge is 2.49. The molecule has 2 aromatic heterocycles. The molecule has 0 unspecified atom stereocenters. The number of nitrogens with zero attached hydrogens (tertiary/aromatic N) is 2. The van der Waals surface area contributed by atoms with Crippen molar-refractivity contribution in [3.05, 3.63) is 63.2 Å². The molecule has 0 radical (unpaired) electrons. The largest absolute Gasteiger partial charge is 0.413 e. The summed E-state index contributed by atoms with van der Waals surface area (Å²) in [5, 5.41) is 9.33. The number of nitrogens with one attached hydrogen (secondary N) is 1. The maximum atomic E-state index is 13.8. The Labute approximate surface area is 281 Å². The maximum Gasteiger partial charge on any atom is 0.333 e. The highest BCUT2D eigenvalue weighted by molar-refractivity contribution is 7.99. The van der Waals surface area contributed by atoms with Crippen LogP contribution in [0.5, 0.6) is 0 Å². The zero-order chi connectivity index (χ0) is 33.1. The Bertz CT molecular complexity index is 1580. The minimum absolute atomic E-state index is 0.0719. The van der Waals surface area contributed by atoms with Crippen LogP contribution in [-0.2, 0) is 18.9 Å². The number of ketones is 1. The summed E-state index contributed by atoms with van der Waals surface area (Å²) in [6.45, 7) is 15.2. The van der Waals surface area contributed by atoms with E-state index in [9.17, 15) is 13.2 Å². The Balaban J connectivity index is 1.57. The second-order valence-corrected chi connectivity index (χ2v) is 22.0. The van der Waals surface area contributed by atoms with Crippen molar-refractivity contribution in [2.45, 2.75) is 99.9 Å². The van der Waals surface area contributed by atoms with Gasteiger partial charge < -0.3 is 9.74 Å². The van der Waals surface area contributed by atoms with Crippen LogP contribution in [-0.4, -0.2) is 51.2 Å². The summed E-state index contributed by atoms with van der Waals surface area (Å²) >= 11 is 9.16. The van der Waals surface area contributed by atoms with Gasteiger partial charge in [-0.25, -0.2) is 15.1 Å². The third kappa shape index (κ3) is 8.75. The third-order valence-electron chi connectivity index (χ3n) is 8.56. The first-order valence-electron chi connectivity index (χ1n) is 15.1. The van der Waals surface area contributed by atoms with E-state index in [1.807, 2.05) is 37.3 Å². The summed E-state index contributed by atoms with van der Waals surface area (Å²) in [5.41, 5.74) is 1.43. The molecule has 9 nitrogen and oxygen atoms in total. The van der Waals surface area contributed by atoms with E-state index in [-0.39, 0.29) is 30.5 Å². The second kappa shape index (κ2) is 14.9. The van der Waals surface area contributed by atoms with Crippen LogP contribution in [0, 0.1) is 12.8 Å². The number of nitrogens with two attached hydrogens (primary N) is 1. The normalized spacial score (nSPS) is 19.2. The molecule has 4 rings (SSSR count). The highest BCUT2D eigenvalue weighted by atomic mass is 35.5. The maximum absolute atomic E-state index is 13.8. The Hall–Kier alpha value is -1.84. The number of carbonyl (C=O) groups excluding carboxylic acids is 1. The number of anilines is 1. The van der Waals surface area contributed by atoms with Gasteiger partial charge in [0.15, 0.2) is 0 Å². The molecule has 14 heteroatoms. The molecule has 1 aliphatic carbocycles. The number of rotatable bonds is 14. The first-order valence-corrected chi connectivity index (χ1v) is 20.7. The second-order valence-electron chi connectivity index (χ2n) is 12.5. The van der Waals surface area contributed by atoms with E-state index >= 15 is 0 Å². The van der Waals surface area contributed by atoms with Gasteiger partial charge in [0.05, 0.1) is 23.2 Å². The van der Waals surface area contributed by atoms with Gasteiger partial charge in [-0.1, -0.05) is 71.0 Å². The summed E-state index contributed by atoms with van der Waals surface area (Å²) < 4.78 is 35.7. The predicted molar refractivity (Wildman–Crippen MR) is 185 cm³/mol. The molecule has 1 fully saturated rings. The molecule has 3 atom stereocenters. The first-order chi connectivity index (χ1) is 21.1. The summed E-state index contributed by atoms with van der Waals surface area (Å²) in [6.07, 6.45) is 3.88. The molecule has 0 spiro atoms. The lowest BCUT2D eigenvalue weighted by atomic mass is 10.1. The van der Waals surface area contributed by atoms with Gasteiger partial charge in [0.2, 0.25) is 14.1 Å². The Morgan fingerprint density at radius 1 is 1.16 bits per heavy atom. The van der Waals surface area contributed by atoms with Crippen molar-refractivity contribution in [3.8, 4) is 0 Å². The molecule has 0 bridgehead atoms. The Morgan fingerprint density at radius 2 is 1.84 bits per heavy atom. The smallest absolute Gasteiger partial charge is 0.333 e. The van der Waals surface area contributed by atoms with E-state index in [1.165, 1.54) is 23.9 Å². The third-order valence-corrected chi connectivity index (χ3v) is 17.7. The van der Waals surface area contributed by atoms with E-state index in [4.69, 9.17) is 25.3 Å². The fraction of sp³-hybridized carbons (Fsp3) is 0.516. The molecule has 0 aliphatic heterocycles. The summed E-state index contributed by atoms with van der Waals surface area (Å²) in [4.78, 5) is 26.0. The number of carbonyl (C=O) groups is 1. The monoisotopic (exact) mass is 710 g/mol. The van der Waals surface area contributed by atoms with Crippen LogP contribution in [0.2, 0.25) is 21.6 Å². The Kier molecular flexibility index (Phi) is 11.9. The number of hydrogen-bond acceptors (Lipinski definition) is 10. The molecule has 1 saturated carbocycles. The van der Waals surface area contributed by atoms with Gasteiger partial charge in [-0.05, 0) is 60.7 Å². The molecule has 1 aromatic carbocycles.